The third kappa shape index (κ3) is 5.85. The number of thiol groups is 1. The summed E-state index contributed by atoms with van der Waals surface area (Å²) in [7, 11) is -3.13. The Morgan fingerprint density at radius 3 is 2.62 bits per heavy atom. The van der Waals surface area contributed by atoms with Crippen molar-refractivity contribution in [2.75, 3.05) is 22.8 Å². The first-order valence-electron chi connectivity index (χ1n) is 12.1. The molecule has 0 aliphatic heterocycles. The molecule has 4 heterocycles. The standard InChI is InChI=1S/C27H25N7O4S/c1-2-38-24(35)18-34(39(36)37)22-14-20(15-28-17-22)26-31-27(30-16-21-10-6-7-12-29-21)25-23(11-13-33(25)32-26)19-8-4-3-5-9-19/h3-15,17,39H,2,16,18H2,1H3,(H,30,31,32). The lowest BCUT2D eigenvalue weighted by Crippen LogP contribution is -2.29. The molecular formula is C27H25N7O4S. The third-order valence-corrected chi connectivity index (χ3v) is 6.59. The van der Waals surface area contributed by atoms with E-state index in [1.807, 2.05) is 60.8 Å². The Hall–Kier alpha value is -4.84. The number of hydrogen-bond acceptors (Lipinski definition) is 9. The smallest absolute Gasteiger partial charge is 0.326 e. The van der Waals surface area contributed by atoms with E-state index in [0.717, 1.165) is 26.6 Å². The zero-order valence-corrected chi connectivity index (χ0v) is 21.9. The van der Waals surface area contributed by atoms with Crippen LogP contribution in [0.5, 0.6) is 0 Å². The number of carbonyl (C=O) groups is 1. The Morgan fingerprint density at radius 2 is 1.87 bits per heavy atom. The molecular weight excluding hydrogens is 518 g/mol. The van der Waals surface area contributed by atoms with E-state index < -0.39 is 23.4 Å². The zero-order chi connectivity index (χ0) is 27.2. The van der Waals surface area contributed by atoms with Gasteiger partial charge in [-0.3, -0.25) is 19.1 Å². The summed E-state index contributed by atoms with van der Waals surface area (Å²) in [6, 6.07) is 19.1. The number of carbonyl (C=O) groups excluding carboxylic acids is 1. The number of benzene rings is 1. The predicted molar refractivity (Wildman–Crippen MR) is 148 cm³/mol. The molecule has 0 saturated carbocycles. The second-order valence-corrected chi connectivity index (χ2v) is 9.34. The van der Waals surface area contributed by atoms with Crippen molar-refractivity contribution in [1.82, 2.24) is 24.6 Å². The highest BCUT2D eigenvalue weighted by atomic mass is 32.2. The van der Waals surface area contributed by atoms with Gasteiger partial charge in [-0.1, -0.05) is 36.4 Å². The maximum absolute atomic E-state index is 12.0. The minimum Gasteiger partial charge on any atom is -0.465 e. The summed E-state index contributed by atoms with van der Waals surface area (Å²) in [6.45, 7) is 1.75. The van der Waals surface area contributed by atoms with Crippen LogP contribution in [0, 0.1) is 0 Å². The molecule has 0 radical (unpaired) electrons. The van der Waals surface area contributed by atoms with Gasteiger partial charge in [0.05, 0.1) is 30.7 Å². The first-order chi connectivity index (χ1) is 19.0. The van der Waals surface area contributed by atoms with E-state index in [0.29, 0.717) is 23.8 Å². The minimum atomic E-state index is -3.13. The molecule has 0 amide bonds. The average Bonchev–Trinajstić information content (AvgIpc) is 3.40. The second-order valence-electron chi connectivity index (χ2n) is 8.38. The van der Waals surface area contributed by atoms with Crippen molar-refractivity contribution in [3.8, 4) is 22.5 Å². The molecule has 0 fully saturated rings. The first kappa shape index (κ1) is 25.8. The van der Waals surface area contributed by atoms with Crippen LogP contribution in [-0.4, -0.2) is 52.1 Å². The van der Waals surface area contributed by atoms with Crippen LogP contribution in [0.2, 0.25) is 0 Å². The number of nitrogens with one attached hydrogen (secondary N) is 1. The van der Waals surface area contributed by atoms with Gasteiger partial charge in [-0.15, -0.1) is 5.10 Å². The van der Waals surface area contributed by atoms with E-state index in [2.05, 4.69) is 15.3 Å². The number of hydrogen-bond donors (Lipinski definition) is 2. The molecule has 39 heavy (non-hydrogen) atoms. The van der Waals surface area contributed by atoms with Crippen molar-refractivity contribution in [1.29, 1.82) is 0 Å². The Kier molecular flexibility index (Phi) is 7.73. The molecule has 0 spiro atoms. The predicted octanol–water partition coefficient (Wildman–Crippen LogP) is 3.36. The van der Waals surface area contributed by atoms with Gasteiger partial charge in [-0.25, -0.2) is 17.9 Å². The van der Waals surface area contributed by atoms with Crippen molar-refractivity contribution in [3.63, 3.8) is 0 Å². The molecule has 1 N–H and O–H groups in total. The molecule has 0 unspecified atom stereocenters. The number of aromatic nitrogens is 5. The van der Waals surface area contributed by atoms with Gasteiger partial charge in [0.2, 0.25) is 10.9 Å². The fourth-order valence-electron chi connectivity index (χ4n) is 4.06. The molecule has 0 aliphatic carbocycles. The van der Waals surface area contributed by atoms with Crippen LogP contribution in [0.25, 0.3) is 28.0 Å². The number of esters is 1. The molecule has 0 bridgehead atoms. The molecule has 5 aromatic rings. The van der Waals surface area contributed by atoms with Crippen LogP contribution >= 0.6 is 0 Å². The molecule has 0 atom stereocenters. The van der Waals surface area contributed by atoms with E-state index in [-0.39, 0.29) is 12.3 Å². The lowest BCUT2D eigenvalue weighted by molar-refractivity contribution is -0.141. The summed E-state index contributed by atoms with van der Waals surface area (Å²) in [5.41, 5.74) is 4.23. The first-order valence-corrected chi connectivity index (χ1v) is 13.3. The van der Waals surface area contributed by atoms with Crippen molar-refractivity contribution >= 4 is 33.9 Å². The number of pyridine rings is 2. The Morgan fingerprint density at radius 1 is 1.05 bits per heavy atom. The van der Waals surface area contributed by atoms with Crippen LogP contribution in [0.15, 0.2) is 85.5 Å². The van der Waals surface area contributed by atoms with Crippen molar-refractivity contribution < 1.29 is 17.9 Å². The van der Waals surface area contributed by atoms with Crippen LogP contribution in [0.1, 0.15) is 12.6 Å². The third-order valence-electron chi connectivity index (χ3n) is 5.82. The van der Waals surface area contributed by atoms with Crippen molar-refractivity contribution in [2.45, 2.75) is 13.5 Å². The summed E-state index contributed by atoms with van der Waals surface area (Å²) < 4.78 is 31.4. The van der Waals surface area contributed by atoms with E-state index in [9.17, 15) is 13.2 Å². The fourth-order valence-corrected chi connectivity index (χ4v) is 4.59. The molecule has 0 saturated heterocycles. The summed E-state index contributed by atoms with van der Waals surface area (Å²) >= 11 is 0. The number of ether oxygens (including phenoxy) is 1. The van der Waals surface area contributed by atoms with Crippen LogP contribution in [0.3, 0.4) is 0 Å². The molecule has 4 aromatic heterocycles. The van der Waals surface area contributed by atoms with Gasteiger partial charge in [-0.2, -0.15) is 0 Å². The van der Waals surface area contributed by atoms with Crippen LogP contribution in [-0.2, 0) is 27.0 Å². The maximum Gasteiger partial charge on any atom is 0.326 e. The van der Waals surface area contributed by atoms with Gasteiger partial charge in [0.1, 0.15) is 12.1 Å². The summed E-state index contributed by atoms with van der Waals surface area (Å²) in [5, 5.41) is 8.07. The normalized spacial score (nSPS) is 11.0. The summed E-state index contributed by atoms with van der Waals surface area (Å²) in [5.74, 6) is 0.215. The molecule has 11 nitrogen and oxygen atoms in total. The topological polar surface area (TPSA) is 132 Å². The summed E-state index contributed by atoms with van der Waals surface area (Å²) in [4.78, 5) is 25.4. The second kappa shape index (κ2) is 11.7. The fraction of sp³-hybridized carbons (Fsp3) is 0.148. The van der Waals surface area contributed by atoms with E-state index in [1.54, 1.807) is 23.7 Å². The average molecular weight is 544 g/mol. The van der Waals surface area contributed by atoms with E-state index >= 15 is 0 Å². The number of rotatable bonds is 10. The van der Waals surface area contributed by atoms with Crippen LogP contribution in [0.4, 0.5) is 11.5 Å². The van der Waals surface area contributed by atoms with Gasteiger partial charge in [0.15, 0.2) is 11.6 Å². The molecule has 5 rings (SSSR count). The maximum atomic E-state index is 12.0. The minimum absolute atomic E-state index is 0.143. The van der Waals surface area contributed by atoms with Crippen LogP contribution < -0.4 is 9.62 Å². The van der Waals surface area contributed by atoms with Gasteiger partial charge in [-0.05, 0) is 36.8 Å². The van der Waals surface area contributed by atoms with Gasteiger partial charge in [0.25, 0.3) is 0 Å². The van der Waals surface area contributed by atoms with E-state index in [1.165, 1.54) is 12.4 Å². The molecule has 12 heteroatoms. The lowest BCUT2D eigenvalue weighted by Gasteiger charge is -2.17. The zero-order valence-electron chi connectivity index (χ0n) is 21.0. The van der Waals surface area contributed by atoms with E-state index in [4.69, 9.17) is 14.8 Å². The van der Waals surface area contributed by atoms with Gasteiger partial charge in [0, 0.05) is 29.7 Å². The molecule has 0 aliphatic rings. The highest BCUT2D eigenvalue weighted by Crippen LogP contribution is 2.31. The lowest BCUT2D eigenvalue weighted by atomic mass is 10.1. The van der Waals surface area contributed by atoms with Crippen molar-refractivity contribution in [2.24, 2.45) is 0 Å². The molecule has 1 aromatic carbocycles. The van der Waals surface area contributed by atoms with Crippen molar-refractivity contribution in [3.05, 3.63) is 91.1 Å². The Balaban J connectivity index is 1.57. The van der Waals surface area contributed by atoms with Gasteiger partial charge < -0.3 is 10.1 Å². The highest BCUT2D eigenvalue weighted by Gasteiger charge is 2.19. The monoisotopic (exact) mass is 543 g/mol. The quantitative estimate of drug-likeness (QED) is 0.201. The Bertz CT molecular complexity index is 1670. The SMILES string of the molecule is CCOC(=O)CN(c1cncc(-c2nc(NCc3ccccn3)c3c(-c4ccccc4)ccn3n2)c1)[SH](=O)=O. The number of anilines is 2. The number of fused-ring (bicyclic) bond motifs is 1. The molecule has 198 valence electrons. The van der Waals surface area contributed by atoms with Gasteiger partial charge >= 0.3 is 5.97 Å². The number of nitrogens with zero attached hydrogens (tertiary/aromatic N) is 6. The highest BCUT2D eigenvalue weighted by molar-refractivity contribution is 7.74. The Labute approximate surface area is 226 Å². The largest absolute Gasteiger partial charge is 0.465 e. The summed E-state index contributed by atoms with van der Waals surface area (Å²) in [6.07, 6.45) is 6.46.